The van der Waals surface area contributed by atoms with Crippen LogP contribution in [-0.4, -0.2) is 52.7 Å². The monoisotopic (exact) mass is 315 g/mol. The highest BCUT2D eigenvalue weighted by atomic mass is 35.5. The highest BCUT2D eigenvalue weighted by molar-refractivity contribution is 6.09. The van der Waals surface area contributed by atoms with E-state index in [9.17, 15) is 4.79 Å². The van der Waals surface area contributed by atoms with E-state index >= 15 is 0 Å². The van der Waals surface area contributed by atoms with Crippen LogP contribution in [0.3, 0.4) is 0 Å². The molecule has 0 heterocycles. The van der Waals surface area contributed by atoms with Crippen LogP contribution in [-0.2, 0) is 0 Å². The van der Waals surface area contributed by atoms with Gasteiger partial charge in [0.05, 0.1) is 21.3 Å². The first-order valence-corrected chi connectivity index (χ1v) is 6.11. The fourth-order valence-corrected chi connectivity index (χ4v) is 1.87. The predicted molar refractivity (Wildman–Crippen MR) is 85.4 cm³/mol. The second-order valence-electron chi connectivity index (χ2n) is 4.58. The number of hydrogen-bond donors (Lipinski definition) is 0. The van der Waals surface area contributed by atoms with Gasteiger partial charge in [0.25, 0.3) is 0 Å². The van der Waals surface area contributed by atoms with Crippen LogP contribution >= 0.6 is 12.4 Å². The molecular formula is C15H22ClNO4. The Labute approximate surface area is 131 Å². The minimum Gasteiger partial charge on any atom is -0.493 e. The molecule has 0 amide bonds. The molecule has 0 atom stereocenters. The second kappa shape index (κ2) is 8.54. The molecule has 0 fully saturated rings. The lowest BCUT2D eigenvalue weighted by Gasteiger charge is -2.15. The number of ether oxygens (including phenoxy) is 3. The fourth-order valence-electron chi connectivity index (χ4n) is 1.87. The SMILES string of the molecule is C=C(CN(C)C)C(=O)c1cc(OC)c(OC)c(OC)c1.Cl. The Morgan fingerprint density at radius 1 is 1.10 bits per heavy atom. The van der Waals surface area contributed by atoms with Gasteiger partial charge in [0, 0.05) is 17.7 Å². The van der Waals surface area contributed by atoms with E-state index in [0.717, 1.165) is 0 Å². The normalized spacial score (nSPS) is 9.81. The number of rotatable bonds is 7. The third kappa shape index (κ3) is 4.65. The maximum atomic E-state index is 12.3. The summed E-state index contributed by atoms with van der Waals surface area (Å²) < 4.78 is 15.7. The van der Waals surface area contributed by atoms with Crippen LogP contribution in [0.4, 0.5) is 0 Å². The fraction of sp³-hybridized carbons (Fsp3) is 0.400. The average molecular weight is 316 g/mol. The smallest absolute Gasteiger partial charge is 0.203 e. The van der Waals surface area contributed by atoms with Gasteiger partial charge in [0.15, 0.2) is 17.3 Å². The Morgan fingerprint density at radius 3 is 1.90 bits per heavy atom. The zero-order valence-electron chi connectivity index (χ0n) is 13.1. The predicted octanol–water partition coefficient (Wildman–Crippen LogP) is 2.43. The van der Waals surface area contributed by atoms with Crippen LogP contribution in [0.2, 0.25) is 0 Å². The molecule has 5 nitrogen and oxygen atoms in total. The van der Waals surface area contributed by atoms with E-state index in [1.807, 2.05) is 19.0 Å². The van der Waals surface area contributed by atoms with Crippen molar-refractivity contribution < 1.29 is 19.0 Å². The summed E-state index contributed by atoms with van der Waals surface area (Å²) in [6, 6.07) is 3.26. The minimum absolute atomic E-state index is 0. The van der Waals surface area contributed by atoms with Crippen LogP contribution in [0, 0.1) is 0 Å². The highest BCUT2D eigenvalue weighted by Gasteiger charge is 2.18. The molecule has 1 aromatic rings. The van der Waals surface area contributed by atoms with Crippen molar-refractivity contribution in [3.05, 3.63) is 29.8 Å². The molecule has 0 saturated carbocycles. The first-order chi connectivity index (χ1) is 9.44. The van der Waals surface area contributed by atoms with Gasteiger partial charge in [-0.25, -0.2) is 0 Å². The number of ketones is 1. The third-order valence-electron chi connectivity index (χ3n) is 2.76. The summed E-state index contributed by atoms with van der Waals surface area (Å²) in [6.45, 7) is 4.32. The molecular weight excluding hydrogens is 294 g/mol. The number of likely N-dealkylation sites (N-methyl/N-ethyl adjacent to an activating group) is 1. The summed E-state index contributed by atoms with van der Waals surface area (Å²) in [5, 5.41) is 0. The van der Waals surface area contributed by atoms with Gasteiger partial charge in [-0.15, -0.1) is 12.4 Å². The number of hydrogen-bond acceptors (Lipinski definition) is 5. The highest BCUT2D eigenvalue weighted by Crippen LogP contribution is 2.38. The van der Waals surface area contributed by atoms with E-state index in [1.54, 1.807) is 12.1 Å². The van der Waals surface area contributed by atoms with Crippen molar-refractivity contribution in [2.45, 2.75) is 0 Å². The quantitative estimate of drug-likeness (QED) is 0.571. The lowest BCUT2D eigenvalue weighted by molar-refractivity contribution is 0.102. The molecule has 0 radical (unpaired) electrons. The molecule has 0 N–H and O–H groups in total. The van der Waals surface area contributed by atoms with Crippen molar-refractivity contribution in [2.75, 3.05) is 42.0 Å². The summed E-state index contributed by atoms with van der Waals surface area (Å²) in [6.07, 6.45) is 0. The maximum Gasteiger partial charge on any atom is 0.203 e. The van der Waals surface area contributed by atoms with E-state index in [2.05, 4.69) is 6.58 Å². The molecule has 0 bridgehead atoms. The lowest BCUT2D eigenvalue weighted by Crippen LogP contribution is -2.19. The van der Waals surface area contributed by atoms with Gasteiger partial charge in [0.1, 0.15) is 0 Å². The zero-order chi connectivity index (χ0) is 15.3. The summed E-state index contributed by atoms with van der Waals surface area (Å²) in [4.78, 5) is 14.2. The van der Waals surface area contributed by atoms with Crippen molar-refractivity contribution in [1.82, 2.24) is 4.90 Å². The molecule has 0 aliphatic rings. The molecule has 0 aliphatic heterocycles. The minimum atomic E-state index is -0.141. The van der Waals surface area contributed by atoms with Gasteiger partial charge in [-0.2, -0.15) is 0 Å². The Morgan fingerprint density at radius 2 is 1.57 bits per heavy atom. The topological polar surface area (TPSA) is 48.0 Å². The van der Waals surface area contributed by atoms with Gasteiger partial charge in [-0.05, 0) is 26.2 Å². The lowest BCUT2D eigenvalue weighted by atomic mass is 10.0. The molecule has 0 aromatic heterocycles. The van der Waals surface area contributed by atoms with E-state index in [1.165, 1.54) is 21.3 Å². The van der Waals surface area contributed by atoms with E-state index in [-0.39, 0.29) is 18.2 Å². The summed E-state index contributed by atoms with van der Waals surface area (Å²) in [5.74, 6) is 1.23. The molecule has 0 saturated heterocycles. The largest absolute Gasteiger partial charge is 0.493 e. The number of carbonyl (C=O) groups is 1. The van der Waals surface area contributed by atoms with Crippen LogP contribution in [0.1, 0.15) is 10.4 Å². The average Bonchev–Trinajstić information content (AvgIpc) is 2.43. The first kappa shape index (κ1) is 19.3. The van der Waals surface area contributed by atoms with Crippen LogP contribution in [0.25, 0.3) is 0 Å². The number of methoxy groups -OCH3 is 3. The van der Waals surface area contributed by atoms with Gasteiger partial charge >= 0.3 is 0 Å². The number of halogens is 1. The Kier molecular flexibility index (Phi) is 7.84. The van der Waals surface area contributed by atoms with E-state index < -0.39 is 0 Å². The van der Waals surface area contributed by atoms with Gasteiger partial charge in [-0.3, -0.25) is 4.79 Å². The summed E-state index contributed by atoms with van der Waals surface area (Å²) in [5.41, 5.74) is 0.968. The number of carbonyl (C=O) groups excluding carboxylic acids is 1. The van der Waals surface area contributed by atoms with Crippen LogP contribution in [0.15, 0.2) is 24.3 Å². The van der Waals surface area contributed by atoms with Crippen molar-refractivity contribution >= 4 is 18.2 Å². The molecule has 118 valence electrons. The van der Waals surface area contributed by atoms with Crippen LogP contribution in [0.5, 0.6) is 17.2 Å². The second-order valence-corrected chi connectivity index (χ2v) is 4.58. The summed E-state index contributed by atoms with van der Waals surface area (Å²) in [7, 11) is 8.31. The standard InChI is InChI=1S/C15H21NO4.ClH/c1-10(9-16(2)3)14(17)11-7-12(18-4)15(20-6)13(8-11)19-5;/h7-8H,1,9H2,2-6H3;1H. The molecule has 0 unspecified atom stereocenters. The van der Waals surface area contributed by atoms with Crippen molar-refractivity contribution in [3.8, 4) is 17.2 Å². The van der Waals surface area contributed by atoms with Crippen molar-refractivity contribution in [1.29, 1.82) is 0 Å². The first-order valence-electron chi connectivity index (χ1n) is 6.11. The number of Topliss-reactive ketones (excluding diaryl/α,β-unsaturated/α-hetero) is 1. The van der Waals surface area contributed by atoms with E-state index in [4.69, 9.17) is 14.2 Å². The third-order valence-corrected chi connectivity index (χ3v) is 2.76. The maximum absolute atomic E-state index is 12.3. The Bertz CT molecular complexity index is 489. The zero-order valence-corrected chi connectivity index (χ0v) is 13.9. The Hall–Kier alpha value is -1.72. The summed E-state index contributed by atoms with van der Waals surface area (Å²) >= 11 is 0. The molecule has 21 heavy (non-hydrogen) atoms. The number of benzene rings is 1. The van der Waals surface area contributed by atoms with Gasteiger partial charge in [-0.1, -0.05) is 6.58 Å². The van der Waals surface area contributed by atoms with Crippen LogP contribution < -0.4 is 14.2 Å². The van der Waals surface area contributed by atoms with Crippen molar-refractivity contribution in [3.63, 3.8) is 0 Å². The van der Waals surface area contributed by atoms with Gasteiger partial charge in [0.2, 0.25) is 5.75 Å². The molecule has 6 heteroatoms. The number of nitrogens with zero attached hydrogens (tertiary/aromatic N) is 1. The Balaban J connectivity index is 0.00000400. The molecule has 1 rings (SSSR count). The van der Waals surface area contributed by atoms with Gasteiger partial charge < -0.3 is 19.1 Å². The molecule has 1 aromatic carbocycles. The van der Waals surface area contributed by atoms with E-state index in [0.29, 0.717) is 34.9 Å². The van der Waals surface area contributed by atoms with Crippen molar-refractivity contribution in [2.24, 2.45) is 0 Å². The molecule has 0 aliphatic carbocycles. The molecule has 0 spiro atoms.